The van der Waals surface area contributed by atoms with Gasteiger partial charge in [-0.25, -0.2) is 0 Å². The second kappa shape index (κ2) is 4.11. The number of rotatable bonds is 3. The highest BCUT2D eigenvalue weighted by molar-refractivity contribution is 4.74. The van der Waals surface area contributed by atoms with Crippen molar-refractivity contribution < 1.29 is 9.92 Å². The van der Waals surface area contributed by atoms with Crippen molar-refractivity contribution in [2.75, 3.05) is 6.61 Å². The van der Waals surface area contributed by atoms with E-state index in [2.05, 4.69) is 4.84 Å². The van der Waals surface area contributed by atoms with Crippen LogP contribution in [0.3, 0.4) is 0 Å². The van der Waals surface area contributed by atoms with Gasteiger partial charge in [0.25, 0.3) is 5.09 Å². The Hall–Kier alpha value is -1.06. The zero-order valence-electron chi connectivity index (χ0n) is 4.53. The highest BCUT2D eigenvalue weighted by Gasteiger charge is 1.86. The lowest BCUT2D eigenvalue weighted by Crippen LogP contribution is -1.98. The summed E-state index contributed by atoms with van der Waals surface area (Å²) in [6, 6.07) is 0. The Morgan fingerprint density at radius 2 is 2.50 bits per heavy atom. The maximum atomic E-state index is 9.42. The summed E-state index contributed by atoms with van der Waals surface area (Å²) in [5.41, 5.74) is 0. The van der Waals surface area contributed by atoms with Gasteiger partial charge in [-0.15, -0.1) is 10.1 Å². The van der Waals surface area contributed by atoms with E-state index in [-0.39, 0.29) is 6.61 Å². The average Bonchev–Trinajstić information content (AvgIpc) is 1.66. The first kappa shape index (κ1) is 6.94. The van der Waals surface area contributed by atoms with E-state index in [4.69, 9.17) is 0 Å². The van der Waals surface area contributed by atoms with Crippen LogP contribution in [0, 0.1) is 10.1 Å². The summed E-state index contributed by atoms with van der Waals surface area (Å²) in [4.78, 5) is 13.3. The molecule has 0 aliphatic rings. The number of hydrogen-bond donors (Lipinski definition) is 0. The smallest absolute Gasteiger partial charge is 0.294 e. The molecule has 0 atom stereocenters. The maximum Gasteiger partial charge on any atom is 0.294 e. The number of allylic oxidation sites excluding steroid dienone is 1. The molecule has 0 aliphatic heterocycles. The van der Waals surface area contributed by atoms with E-state index in [1.165, 1.54) is 0 Å². The summed E-state index contributed by atoms with van der Waals surface area (Å²) in [6.07, 6.45) is 3.24. The molecule has 4 nitrogen and oxygen atoms in total. The van der Waals surface area contributed by atoms with Crippen molar-refractivity contribution in [2.24, 2.45) is 0 Å². The topological polar surface area (TPSA) is 52.4 Å². The molecule has 0 saturated heterocycles. The Labute approximate surface area is 46.9 Å². The van der Waals surface area contributed by atoms with Crippen molar-refractivity contribution in [3.63, 3.8) is 0 Å². The number of hydrogen-bond acceptors (Lipinski definition) is 3. The molecule has 0 heterocycles. The van der Waals surface area contributed by atoms with Crippen LogP contribution in [-0.4, -0.2) is 11.7 Å². The van der Waals surface area contributed by atoms with Gasteiger partial charge in [0, 0.05) is 0 Å². The van der Waals surface area contributed by atoms with E-state index >= 15 is 0 Å². The van der Waals surface area contributed by atoms with Gasteiger partial charge in [-0.1, -0.05) is 12.2 Å². The molecule has 0 N–H and O–H groups in total. The molecule has 0 radical (unpaired) electrons. The Morgan fingerprint density at radius 1 is 1.88 bits per heavy atom. The fourth-order valence-electron chi connectivity index (χ4n) is 0.200. The van der Waals surface area contributed by atoms with Gasteiger partial charge in [-0.05, 0) is 6.92 Å². The lowest BCUT2D eigenvalue weighted by molar-refractivity contribution is -0.755. The standard InChI is InChI=1S/C4H7NO3/c1-2-3-4-8-5(6)7/h2-3H,4H2,1H3. The quantitative estimate of drug-likeness (QED) is 0.311. The van der Waals surface area contributed by atoms with Crippen LogP contribution in [0.25, 0.3) is 0 Å². The lowest BCUT2D eigenvalue weighted by atomic mass is 10.6. The zero-order chi connectivity index (χ0) is 6.41. The Balaban J connectivity index is 3.05. The highest BCUT2D eigenvalue weighted by Crippen LogP contribution is 1.75. The second-order valence-electron chi connectivity index (χ2n) is 1.09. The molecule has 0 fully saturated rings. The SMILES string of the molecule is CC=CCO[N+](=O)[O-]. The van der Waals surface area contributed by atoms with E-state index in [0.717, 1.165) is 0 Å². The van der Waals surface area contributed by atoms with Crippen LogP contribution in [0.1, 0.15) is 6.92 Å². The fraction of sp³-hybridized carbons (Fsp3) is 0.500. The molecule has 0 aromatic carbocycles. The van der Waals surface area contributed by atoms with E-state index in [1.54, 1.807) is 19.1 Å². The molecular weight excluding hydrogens is 110 g/mol. The summed E-state index contributed by atoms with van der Waals surface area (Å²) in [5, 5.41) is 8.60. The fourth-order valence-corrected chi connectivity index (χ4v) is 0.200. The summed E-state index contributed by atoms with van der Waals surface area (Å²) in [6.45, 7) is 1.81. The second-order valence-corrected chi connectivity index (χ2v) is 1.09. The molecule has 46 valence electrons. The van der Waals surface area contributed by atoms with Gasteiger partial charge in [0.15, 0.2) is 0 Å². The minimum atomic E-state index is -0.819. The van der Waals surface area contributed by atoms with E-state index in [0.29, 0.717) is 0 Å². The van der Waals surface area contributed by atoms with Crippen molar-refractivity contribution >= 4 is 0 Å². The van der Waals surface area contributed by atoms with Gasteiger partial charge >= 0.3 is 0 Å². The molecule has 4 heteroatoms. The molecule has 0 spiro atoms. The van der Waals surface area contributed by atoms with Gasteiger partial charge in [-0.2, -0.15) is 0 Å². The third-order valence-electron chi connectivity index (χ3n) is 0.512. The summed E-state index contributed by atoms with van der Waals surface area (Å²) < 4.78 is 0. The maximum absolute atomic E-state index is 9.42. The molecule has 0 aromatic rings. The minimum Gasteiger partial charge on any atom is -0.310 e. The summed E-state index contributed by atoms with van der Waals surface area (Å²) in [7, 11) is 0. The van der Waals surface area contributed by atoms with E-state index < -0.39 is 5.09 Å². The van der Waals surface area contributed by atoms with Crippen molar-refractivity contribution in [2.45, 2.75) is 6.92 Å². The van der Waals surface area contributed by atoms with Crippen LogP contribution in [0.15, 0.2) is 12.2 Å². The predicted molar refractivity (Wildman–Crippen MR) is 27.8 cm³/mol. The van der Waals surface area contributed by atoms with Crippen molar-refractivity contribution in [1.82, 2.24) is 0 Å². The first-order valence-electron chi connectivity index (χ1n) is 2.16. The molecule has 0 aromatic heterocycles. The molecule has 8 heavy (non-hydrogen) atoms. The van der Waals surface area contributed by atoms with Gasteiger partial charge in [-0.3, -0.25) is 0 Å². The van der Waals surface area contributed by atoms with Gasteiger partial charge in [0.1, 0.15) is 6.61 Å². The predicted octanol–water partition coefficient (Wildman–Crippen LogP) is 0.771. The number of nitrogens with zero attached hydrogens (tertiary/aromatic N) is 1. The lowest BCUT2D eigenvalue weighted by Gasteiger charge is -1.87. The highest BCUT2D eigenvalue weighted by atomic mass is 16.9. The van der Waals surface area contributed by atoms with Crippen LogP contribution in [0.2, 0.25) is 0 Å². The molecule has 0 amide bonds. The molecule has 0 aliphatic carbocycles. The molecule has 0 rings (SSSR count). The molecule has 0 saturated carbocycles. The van der Waals surface area contributed by atoms with Crippen LogP contribution < -0.4 is 0 Å². The third-order valence-corrected chi connectivity index (χ3v) is 0.512. The zero-order valence-corrected chi connectivity index (χ0v) is 4.53. The Kier molecular flexibility index (Phi) is 3.56. The molecule has 0 bridgehead atoms. The van der Waals surface area contributed by atoms with E-state index in [1.807, 2.05) is 0 Å². The summed E-state index contributed by atoms with van der Waals surface area (Å²) in [5.74, 6) is 0. The summed E-state index contributed by atoms with van der Waals surface area (Å²) >= 11 is 0. The van der Waals surface area contributed by atoms with Gasteiger partial charge in [0.05, 0.1) is 0 Å². The van der Waals surface area contributed by atoms with Crippen molar-refractivity contribution in [3.8, 4) is 0 Å². The van der Waals surface area contributed by atoms with Crippen LogP contribution in [0.4, 0.5) is 0 Å². The van der Waals surface area contributed by atoms with E-state index in [9.17, 15) is 10.1 Å². The van der Waals surface area contributed by atoms with Crippen molar-refractivity contribution in [1.29, 1.82) is 0 Å². The Bertz CT molecular complexity index is 99.5. The minimum absolute atomic E-state index is 0.0451. The van der Waals surface area contributed by atoms with Crippen molar-refractivity contribution in [3.05, 3.63) is 22.3 Å². The van der Waals surface area contributed by atoms with Crippen LogP contribution in [0.5, 0.6) is 0 Å². The van der Waals surface area contributed by atoms with Crippen LogP contribution in [-0.2, 0) is 4.84 Å². The first-order valence-corrected chi connectivity index (χ1v) is 2.16. The van der Waals surface area contributed by atoms with Gasteiger partial charge in [0.2, 0.25) is 0 Å². The third kappa shape index (κ3) is 4.94. The monoisotopic (exact) mass is 117 g/mol. The first-order chi connectivity index (χ1) is 3.77. The van der Waals surface area contributed by atoms with Gasteiger partial charge < -0.3 is 4.84 Å². The molecule has 0 unspecified atom stereocenters. The van der Waals surface area contributed by atoms with Crippen LogP contribution >= 0.6 is 0 Å². The largest absolute Gasteiger partial charge is 0.310 e. The Morgan fingerprint density at radius 3 is 2.88 bits per heavy atom. The molecular formula is C4H7NO3. The average molecular weight is 117 g/mol. The normalized spacial score (nSPS) is 9.62.